The number of hydrogen-bond donors (Lipinski definition) is 1. The predicted molar refractivity (Wildman–Crippen MR) is 68.4 cm³/mol. The van der Waals surface area contributed by atoms with Crippen molar-refractivity contribution < 1.29 is 14.3 Å². The van der Waals surface area contributed by atoms with Crippen molar-refractivity contribution in [3.63, 3.8) is 0 Å². The fourth-order valence-corrected chi connectivity index (χ4v) is 3.32. The number of rotatable bonds is 1. The largest absolute Gasteiger partial charge is 0.447 e. The molecular weight excluding hydrogens is 260 g/mol. The number of carbonyl (C=O) groups is 2. The second kappa shape index (κ2) is 4.22. The van der Waals surface area contributed by atoms with Crippen molar-refractivity contribution in [3.05, 3.63) is 17.0 Å². The molecule has 4 rings (SSSR count). The zero-order valence-corrected chi connectivity index (χ0v) is 11.1. The molecule has 3 aliphatic rings. The molecule has 7 heteroatoms. The number of amides is 2. The topological polar surface area (TPSA) is 78.5 Å². The first-order valence-electron chi connectivity index (χ1n) is 7.03. The van der Waals surface area contributed by atoms with E-state index in [1.54, 1.807) is 9.80 Å². The van der Waals surface area contributed by atoms with E-state index in [4.69, 9.17) is 4.74 Å². The third kappa shape index (κ3) is 1.62. The number of nitrogens with zero attached hydrogens (tertiary/aromatic N) is 3. The Morgan fingerprint density at radius 1 is 1.35 bits per heavy atom. The van der Waals surface area contributed by atoms with Gasteiger partial charge in [0.2, 0.25) is 0 Å². The number of carbonyl (C=O) groups excluding carboxylic acids is 2. The number of aryl methyl sites for hydroxylation is 1. The molecule has 2 aliphatic heterocycles. The van der Waals surface area contributed by atoms with Gasteiger partial charge < -0.3 is 9.64 Å². The molecule has 0 aromatic carbocycles. The lowest BCUT2D eigenvalue weighted by Gasteiger charge is -2.35. The summed E-state index contributed by atoms with van der Waals surface area (Å²) < 4.78 is 5.02. The first-order valence-corrected chi connectivity index (χ1v) is 7.03. The summed E-state index contributed by atoms with van der Waals surface area (Å²) in [5.74, 6) is -0.0246. The van der Waals surface area contributed by atoms with Gasteiger partial charge in [0, 0.05) is 30.9 Å². The lowest BCUT2D eigenvalue weighted by Crippen LogP contribution is -2.53. The molecule has 1 atom stereocenters. The van der Waals surface area contributed by atoms with Crippen molar-refractivity contribution in [2.45, 2.75) is 25.3 Å². The number of hydrogen-bond acceptors (Lipinski definition) is 4. The second-order valence-corrected chi connectivity index (χ2v) is 5.56. The normalized spacial score (nSPS) is 24.6. The Morgan fingerprint density at radius 3 is 3.15 bits per heavy atom. The van der Waals surface area contributed by atoms with E-state index in [9.17, 15) is 9.59 Å². The van der Waals surface area contributed by atoms with Crippen molar-refractivity contribution in [2.75, 3.05) is 26.2 Å². The van der Waals surface area contributed by atoms with E-state index in [2.05, 4.69) is 10.2 Å². The van der Waals surface area contributed by atoms with Gasteiger partial charge in [0.25, 0.3) is 5.91 Å². The van der Waals surface area contributed by atoms with Crippen molar-refractivity contribution in [3.8, 4) is 0 Å². The first-order chi connectivity index (χ1) is 9.74. The Labute approximate surface area is 115 Å². The maximum Gasteiger partial charge on any atom is 0.410 e. The summed E-state index contributed by atoms with van der Waals surface area (Å²) in [5.41, 5.74) is 2.75. The van der Waals surface area contributed by atoms with Gasteiger partial charge in [0.15, 0.2) is 5.69 Å². The van der Waals surface area contributed by atoms with Crippen molar-refractivity contribution in [2.24, 2.45) is 0 Å². The predicted octanol–water partition coefficient (Wildman–Crippen LogP) is 0.175. The van der Waals surface area contributed by atoms with Crippen molar-refractivity contribution in [1.82, 2.24) is 20.0 Å². The van der Waals surface area contributed by atoms with Crippen LogP contribution >= 0.6 is 0 Å². The van der Waals surface area contributed by atoms with Gasteiger partial charge in [-0.3, -0.25) is 14.8 Å². The van der Waals surface area contributed by atoms with Gasteiger partial charge in [-0.1, -0.05) is 0 Å². The summed E-state index contributed by atoms with van der Waals surface area (Å²) in [7, 11) is 0. The molecule has 20 heavy (non-hydrogen) atoms. The third-order valence-electron chi connectivity index (χ3n) is 4.41. The molecule has 7 nitrogen and oxygen atoms in total. The lowest BCUT2D eigenvalue weighted by molar-refractivity contribution is 0.0610. The molecule has 0 bridgehead atoms. The number of piperazine rings is 1. The molecule has 0 saturated carbocycles. The Hall–Kier alpha value is -2.05. The average Bonchev–Trinajstić information content (AvgIpc) is 3.13. The van der Waals surface area contributed by atoms with Crippen LogP contribution in [0.5, 0.6) is 0 Å². The monoisotopic (exact) mass is 276 g/mol. The van der Waals surface area contributed by atoms with Gasteiger partial charge >= 0.3 is 6.09 Å². The SMILES string of the molecule is O=C(c1n[nH]c2c1CCC2)N1CCN2C(=O)OC[C@@H]2C1. The Balaban J connectivity index is 1.53. The van der Waals surface area contributed by atoms with E-state index in [1.807, 2.05) is 0 Å². The highest BCUT2D eigenvalue weighted by molar-refractivity contribution is 5.94. The second-order valence-electron chi connectivity index (χ2n) is 5.56. The number of nitrogens with one attached hydrogen (secondary N) is 1. The molecule has 0 unspecified atom stereocenters. The number of ether oxygens (including phenoxy) is 1. The molecule has 2 amide bonds. The van der Waals surface area contributed by atoms with Gasteiger partial charge in [-0.25, -0.2) is 4.79 Å². The molecule has 2 saturated heterocycles. The molecule has 3 heterocycles. The van der Waals surface area contributed by atoms with Crippen LogP contribution in [0.25, 0.3) is 0 Å². The smallest absolute Gasteiger partial charge is 0.410 e. The van der Waals surface area contributed by atoms with Gasteiger partial charge in [-0.05, 0) is 19.3 Å². The Bertz CT molecular complexity index is 582. The molecule has 0 radical (unpaired) electrons. The Kier molecular flexibility index (Phi) is 2.48. The fraction of sp³-hybridized carbons (Fsp3) is 0.615. The number of H-pyrrole nitrogens is 1. The maximum absolute atomic E-state index is 12.6. The van der Waals surface area contributed by atoms with Crippen LogP contribution in [0.1, 0.15) is 28.2 Å². The summed E-state index contributed by atoms with van der Waals surface area (Å²) in [6.45, 7) is 2.00. The minimum atomic E-state index is -0.261. The highest BCUT2D eigenvalue weighted by Crippen LogP contribution is 2.25. The van der Waals surface area contributed by atoms with E-state index in [0.717, 1.165) is 30.5 Å². The molecule has 0 spiro atoms. The van der Waals surface area contributed by atoms with Crippen LogP contribution in [0.4, 0.5) is 4.79 Å². The van der Waals surface area contributed by atoms with Crippen LogP contribution in [-0.4, -0.2) is 64.3 Å². The molecule has 106 valence electrons. The molecular formula is C13H16N4O3. The summed E-state index contributed by atoms with van der Waals surface area (Å²) in [4.78, 5) is 27.5. The van der Waals surface area contributed by atoms with E-state index in [-0.39, 0.29) is 18.0 Å². The number of aromatic amines is 1. The van der Waals surface area contributed by atoms with E-state index < -0.39 is 0 Å². The Morgan fingerprint density at radius 2 is 2.25 bits per heavy atom. The molecule has 2 fully saturated rings. The summed E-state index contributed by atoms with van der Waals surface area (Å²) in [6.07, 6.45) is 2.73. The first kappa shape index (κ1) is 11.7. The van der Waals surface area contributed by atoms with Crippen molar-refractivity contribution in [1.29, 1.82) is 0 Å². The quantitative estimate of drug-likeness (QED) is 0.793. The van der Waals surface area contributed by atoms with Crippen LogP contribution in [0.15, 0.2) is 0 Å². The van der Waals surface area contributed by atoms with Crippen LogP contribution in [0.2, 0.25) is 0 Å². The summed E-state index contributed by atoms with van der Waals surface area (Å²) in [5, 5.41) is 7.16. The zero-order valence-electron chi connectivity index (χ0n) is 11.1. The van der Waals surface area contributed by atoms with Crippen LogP contribution in [0.3, 0.4) is 0 Å². The van der Waals surface area contributed by atoms with E-state index >= 15 is 0 Å². The van der Waals surface area contributed by atoms with Gasteiger partial charge in [-0.2, -0.15) is 5.10 Å². The molecule has 1 aromatic rings. The standard InChI is InChI=1S/C13H16N4O3/c18-12(11-9-2-1-3-10(9)14-15-11)16-4-5-17-8(6-16)7-20-13(17)19/h8H,1-7H2,(H,14,15)/t8-/m0/s1. The number of fused-ring (bicyclic) bond motifs is 2. The molecule has 1 aliphatic carbocycles. The maximum atomic E-state index is 12.6. The highest BCUT2D eigenvalue weighted by Gasteiger charge is 2.39. The number of cyclic esters (lactones) is 1. The van der Waals surface area contributed by atoms with Crippen LogP contribution < -0.4 is 0 Å². The summed E-state index contributed by atoms with van der Waals surface area (Å²) >= 11 is 0. The third-order valence-corrected chi connectivity index (χ3v) is 4.41. The number of aromatic nitrogens is 2. The van der Waals surface area contributed by atoms with Gasteiger partial charge in [-0.15, -0.1) is 0 Å². The molecule has 1 N–H and O–H groups in total. The van der Waals surface area contributed by atoms with Crippen LogP contribution in [-0.2, 0) is 17.6 Å². The van der Waals surface area contributed by atoms with Gasteiger partial charge in [0.1, 0.15) is 6.61 Å². The minimum Gasteiger partial charge on any atom is -0.447 e. The lowest BCUT2D eigenvalue weighted by atomic mass is 10.1. The average molecular weight is 276 g/mol. The summed E-state index contributed by atoms with van der Waals surface area (Å²) in [6, 6.07) is -0.00723. The molecule has 1 aromatic heterocycles. The highest BCUT2D eigenvalue weighted by atomic mass is 16.6. The van der Waals surface area contributed by atoms with Gasteiger partial charge in [0.05, 0.1) is 6.04 Å². The van der Waals surface area contributed by atoms with E-state index in [0.29, 0.717) is 31.9 Å². The van der Waals surface area contributed by atoms with Crippen molar-refractivity contribution >= 4 is 12.0 Å². The zero-order chi connectivity index (χ0) is 13.7. The minimum absolute atomic E-state index is 0.00723. The van der Waals surface area contributed by atoms with Crippen LogP contribution in [0, 0.1) is 0 Å². The van der Waals surface area contributed by atoms with E-state index in [1.165, 1.54) is 0 Å². The fourth-order valence-electron chi connectivity index (χ4n) is 3.32.